The highest BCUT2D eigenvalue weighted by molar-refractivity contribution is 5.94. The molecule has 0 saturated heterocycles. The Morgan fingerprint density at radius 2 is 2.11 bits per heavy atom. The van der Waals surface area contributed by atoms with Gasteiger partial charge in [0.1, 0.15) is 0 Å². The lowest BCUT2D eigenvalue weighted by molar-refractivity contribution is 0.0601. The number of hydrogen-bond acceptors (Lipinski definition) is 3. The minimum absolute atomic E-state index is 0.198. The number of aromatic nitrogens is 1. The molecule has 0 aliphatic carbocycles. The van der Waals surface area contributed by atoms with Crippen molar-refractivity contribution < 1.29 is 9.53 Å². The average Bonchev–Trinajstić information content (AvgIpc) is 2.76. The number of carbonyl (C=O) groups is 1. The van der Waals surface area contributed by atoms with Crippen molar-refractivity contribution >= 4 is 16.9 Å². The molecule has 19 heavy (non-hydrogen) atoms. The third-order valence-corrected chi connectivity index (χ3v) is 3.19. The number of methoxy groups -OCH3 is 1. The molecule has 0 saturated carbocycles. The molecule has 4 heteroatoms. The van der Waals surface area contributed by atoms with Crippen LogP contribution in [-0.2, 0) is 11.3 Å². The van der Waals surface area contributed by atoms with Crippen LogP contribution in [0.25, 0.3) is 10.9 Å². The highest BCUT2D eigenvalue weighted by atomic mass is 16.5. The zero-order valence-corrected chi connectivity index (χ0v) is 11.6. The molecule has 0 bridgehead atoms. The molecular formula is C15H20N2O2. The summed E-state index contributed by atoms with van der Waals surface area (Å²) in [7, 11) is 1.39. The van der Waals surface area contributed by atoms with Crippen LogP contribution in [0.5, 0.6) is 0 Å². The summed E-state index contributed by atoms with van der Waals surface area (Å²) in [6.07, 6.45) is 2.90. The molecule has 1 aromatic carbocycles. The van der Waals surface area contributed by atoms with Gasteiger partial charge in [0.05, 0.1) is 12.7 Å². The third-order valence-electron chi connectivity index (χ3n) is 3.19. The van der Waals surface area contributed by atoms with Crippen molar-refractivity contribution in [3.8, 4) is 0 Å². The summed E-state index contributed by atoms with van der Waals surface area (Å²) in [5.41, 5.74) is 7.42. The van der Waals surface area contributed by atoms with E-state index in [9.17, 15) is 4.79 Å². The van der Waals surface area contributed by atoms with E-state index < -0.39 is 0 Å². The van der Waals surface area contributed by atoms with Gasteiger partial charge in [-0.05, 0) is 43.9 Å². The second-order valence-electron chi connectivity index (χ2n) is 5.51. The predicted octanol–water partition coefficient (Wildman–Crippen LogP) is 2.56. The van der Waals surface area contributed by atoms with Gasteiger partial charge in [-0.25, -0.2) is 4.79 Å². The Hall–Kier alpha value is -1.81. The Labute approximate surface area is 113 Å². The Kier molecular flexibility index (Phi) is 3.62. The molecule has 0 spiro atoms. The molecule has 0 atom stereocenters. The maximum atomic E-state index is 11.6. The minimum Gasteiger partial charge on any atom is -0.465 e. The summed E-state index contributed by atoms with van der Waals surface area (Å²) in [6.45, 7) is 4.86. The van der Waals surface area contributed by atoms with Gasteiger partial charge < -0.3 is 15.0 Å². The van der Waals surface area contributed by atoms with E-state index in [2.05, 4.69) is 4.57 Å². The molecule has 2 rings (SSSR count). The molecule has 102 valence electrons. The second kappa shape index (κ2) is 5.05. The number of ether oxygens (including phenoxy) is 1. The van der Waals surface area contributed by atoms with Crippen LogP contribution in [0.3, 0.4) is 0 Å². The number of benzene rings is 1. The van der Waals surface area contributed by atoms with Gasteiger partial charge in [-0.15, -0.1) is 0 Å². The van der Waals surface area contributed by atoms with E-state index in [1.54, 1.807) is 6.07 Å². The first-order valence-electron chi connectivity index (χ1n) is 6.37. The first-order chi connectivity index (χ1) is 8.90. The number of nitrogens with two attached hydrogens (primary N) is 1. The van der Waals surface area contributed by atoms with E-state index in [4.69, 9.17) is 10.5 Å². The predicted molar refractivity (Wildman–Crippen MR) is 76.2 cm³/mol. The molecule has 0 aliphatic heterocycles. The zero-order valence-electron chi connectivity index (χ0n) is 11.6. The fourth-order valence-electron chi connectivity index (χ4n) is 2.03. The number of esters is 1. The number of nitrogens with zero attached hydrogens (tertiary/aromatic N) is 1. The lowest BCUT2D eigenvalue weighted by atomic mass is 10.0. The Morgan fingerprint density at radius 1 is 1.37 bits per heavy atom. The highest BCUT2D eigenvalue weighted by Gasteiger charge is 2.12. The van der Waals surface area contributed by atoms with Gasteiger partial charge in [0.15, 0.2) is 0 Å². The second-order valence-corrected chi connectivity index (χ2v) is 5.51. The molecule has 0 fully saturated rings. The highest BCUT2D eigenvalue weighted by Crippen LogP contribution is 2.19. The van der Waals surface area contributed by atoms with Crippen LogP contribution in [0, 0.1) is 0 Å². The van der Waals surface area contributed by atoms with Crippen molar-refractivity contribution in [3.05, 3.63) is 36.0 Å². The summed E-state index contributed by atoms with van der Waals surface area (Å²) in [5, 5.41) is 1.11. The van der Waals surface area contributed by atoms with Crippen molar-refractivity contribution in [2.24, 2.45) is 5.73 Å². The first-order valence-corrected chi connectivity index (χ1v) is 6.37. The smallest absolute Gasteiger partial charge is 0.337 e. The molecule has 0 amide bonds. The van der Waals surface area contributed by atoms with Gasteiger partial charge in [0.25, 0.3) is 0 Å². The summed E-state index contributed by atoms with van der Waals surface area (Å²) in [4.78, 5) is 11.6. The van der Waals surface area contributed by atoms with Crippen molar-refractivity contribution in [2.75, 3.05) is 7.11 Å². The van der Waals surface area contributed by atoms with E-state index in [-0.39, 0.29) is 11.5 Å². The topological polar surface area (TPSA) is 57.2 Å². The monoisotopic (exact) mass is 260 g/mol. The van der Waals surface area contributed by atoms with Crippen LogP contribution in [-0.4, -0.2) is 23.2 Å². The van der Waals surface area contributed by atoms with Gasteiger partial charge in [0.2, 0.25) is 0 Å². The van der Waals surface area contributed by atoms with Gasteiger partial charge in [0, 0.05) is 23.8 Å². The van der Waals surface area contributed by atoms with Crippen LogP contribution >= 0.6 is 0 Å². The minimum atomic E-state index is -0.311. The van der Waals surface area contributed by atoms with Gasteiger partial charge in [-0.3, -0.25) is 0 Å². The molecule has 0 aliphatic rings. The van der Waals surface area contributed by atoms with Gasteiger partial charge in [-0.2, -0.15) is 0 Å². The maximum Gasteiger partial charge on any atom is 0.337 e. The van der Waals surface area contributed by atoms with Crippen molar-refractivity contribution in [1.82, 2.24) is 4.57 Å². The SMILES string of the molecule is COC(=O)c1ccc2ccn(CCC(C)(C)N)c2c1. The summed E-state index contributed by atoms with van der Waals surface area (Å²) < 4.78 is 6.87. The number of carbonyl (C=O) groups excluding carboxylic acids is 1. The van der Waals surface area contributed by atoms with E-state index in [1.165, 1.54) is 7.11 Å². The van der Waals surface area contributed by atoms with Crippen molar-refractivity contribution in [3.63, 3.8) is 0 Å². The molecule has 2 aromatic rings. The number of aryl methyl sites for hydroxylation is 1. The number of rotatable bonds is 4. The largest absolute Gasteiger partial charge is 0.465 e. The maximum absolute atomic E-state index is 11.6. The lowest BCUT2D eigenvalue weighted by Gasteiger charge is -2.19. The normalized spacial score (nSPS) is 11.8. The fourth-order valence-corrected chi connectivity index (χ4v) is 2.03. The fraction of sp³-hybridized carbons (Fsp3) is 0.400. The van der Waals surface area contributed by atoms with E-state index >= 15 is 0 Å². The number of hydrogen-bond donors (Lipinski definition) is 1. The third kappa shape index (κ3) is 3.15. The van der Waals surface area contributed by atoms with Crippen LogP contribution < -0.4 is 5.73 Å². The molecule has 2 N–H and O–H groups in total. The summed E-state index contributed by atoms with van der Waals surface area (Å²) in [5.74, 6) is -0.311. The van der Waals surface area contributed by atoms with E-state index in [0.29, 0.717) is 5.56 Å². The molecule has 1 heterocycles. The Bertz CT molecular complexity index is 594. The van der Waals surface area contributed by atoms with Crippen molar-refractivity contribution in [1.29, 1.82) is 0 Å². The van der Waals surface area contributed by atoms with Crippen LogP contribution in [0.15, 0.2) is 30.5 Å². The standard InChI is InChI=1S/C15H20N2O2/c1-15(2,16)7-9-17-8-6-11-4-5-12(10-13(11)17)14(18)19-3/h4-6,8,10H,7,9,16H2,1-3H3. The lowest BCUT2D eigenvalue weighted by Crippen LogP contribution is -2.33. The van der Waals surface area contributed by atoms with E-state index in [0.717, 1.165) is 23.9 Å². The Balaban J connectivity index is 2.32. The van der Waals surface area contributed by atoms with E-state index in [1.807, 2.05) is 38.2 Å². The van der Waals surface area contributed by atoms with Crippen LogP contribution in [0.1, 0.15) is 30.6 Å². The zero-order chi connectivity index (χ0) is 14.0. The molecule has 0 radical (unpaired) electrons. The first kappa shape index (κ1) is 13.6. The molecular weight excluding hydrogens is 240 g/mol. The van der Waals surface area contributed by atoms with Gasteiger partial charge >= 0.3 is 5.97 Å². The molecule has 0 unspecified atom stereocenters. The van der Waals surface area contributed by atoms with Crippen LogP contribution in [0.2, 0.25) is 0 Å². The van der Waals surface area contributed by atoms with Gasteiger partial charge in [-0.1, -0.05) is 6.07 Å². The number of fused-ring (bicyclic) bond motifs is 1. The van der Waals surface area contributed by atoms with Crippen LogP contribution in [0.4, 0.5) is 0 Å². The van der Waals surface area contributed by atoms with Crippen molar-refractivity contribution in [2.45, 2.75) is 32.4 Å². The molecule has 1 aromatic heterocycles. The summed E-state index contributed by atoms with van der Waals surface area (Å²) in [6, 6.07) is 7.63. The quantitative estimate of drug-likeness (QED) is 0.859. The average molecular weight is 260 g/mol. The molecule has 4 nitrogen and oxygen atoms in total. The summed E-state index contributed by atoms with van der Waals surface area (Å²) >= 11 is 0. The Morgan fingerprint density at radius 3 is 2.74 bits per heavy atom.